The van der Waals surface area contributed by atoms with Crippen LogP contribution in [0.25, 0.3) is 0 Å². The van der Waals surface area contributed by atoms with Crippen molar-refractivity contribution in [3.05, 3.63) is 70.3 Å². The molecule has 2 atom stereocenters. The maximum Gasteiger partial charge on any atom is 0.253 e. The molecule has 2 aromatic carbocycles. The molecule has 0 radical (unpaired) electrons. The van der Waals surface area contributed by atoms with Crippen LogP contribution in [0.2, 0.25) is 0 Å². The van der Waals surface area contributed by atoms with Crippen LogP contribution in [0.5, 0.6) is 0 Å². The van der Waals surface area contributed by atoms with E-state index in [1.165, 1.54) is 12.1 Å². The number of hydrogen-bond acceptors (Lipinski definition) is 5. The molecule has 230 valence electrons. The second kappa shape index (κ2) is 15.7. The average molecular weight is 587 g/mol. The number of rotatable bonds is 13. The van der Waals surface area contributed by atoms with Crippen LogP contribution in [0.4, 0.5) is 8.78 Å². The molecule has 1 aliphatic rings. The van der Waals surface area contributed by atoms with Crippen molar-refractivity contribution in [3.8, 4) is 0 Å². The lowest BCUT2D eigenvalue weighted by molar-refractivity contribution is -0.129. The molecule has 1 fully saturated rings. The minimum Gasteiger partial charge on any atom is -0.390 e. The number of aliphatic hydroxyl groups is 1. The van der Waals surface area contributed by atoms with Crippen LogP contribution in [-0.2, 0) is 11.2 Å². The predicted octanol–water partition coefficient (Wildman–Crippen LogP) is 3.84. The first kappa shape index (κ1) is 33.1. The summed E-state index contributed by atoms with van der Waals surface area (Å²) in [4.78, 5) is 41.9. The zero-order chi connectivity index (χ0) is 30.8. The van der Waals surface area contributed by atoms with Gasteiger partial charge >= 0.3 is 0 Å². The van der Waals surface area contributed by atoms with E-state index in [-0.39, 0.29) is 36.4 Å². The largest absolute Gasteiger partial charge is 0.390 e. The van der Waals surface area contributed by atoms with Crippen molar-refractivity contribution in [2.24, 2.45) is 0 Å². The van der Waals surface area contributed by atoms with Crippen molar-refractivity contribution in [1.82, 2.24) is 20.4 Å². The van der Waals surface area contributed by atoms with Crippen molar-refractivity contribution in [2.45, 2.75) is 78.0 Å². The van der Waals surface area contributed by atoms with Gasteiger partial charge in [-0.15, -0.1) is 0 Å². The minimum absolute atomic E-state index is 0.00950. The quantitative estimate of drug-likeness (QED) is 0.331. The molecule has 2 unspecified atom stereocenters. The number of likely N-dealkylation sites (tertiary alicyclic amines) is 1. The van der Waals surface area contributed by atoms with E-state index in [1.54, 1.807) is 41.8 Å². The van der Waals surface area contributed by atoms with Gasteiger partial charge in [0.25, 0.3) is 11.8 Å². The third-order valence-electron chi connectivity index (χ3n) is 7.58. The van der Waals surface area contributed by atoms with Crippen molar-refractivity contribution in [1.29, 1.82) is 0 Å². The number of halogens is 2. The van der Waals surface area contributed by atoms with Gasteiger partial charge in [0, 0.05) is 62.9 Å². The molecule has 0 aliphatic carbocycles. The average Bonchev–Trinajstić information content (AvgIpc) is 2.94. The Morgan fingerprint density at radius 3 is 2.14 bits per heavy atom. The monoisotopic (exact) mass is 586 g/mol. The molecule has 0 aromatic heterocycles. The molecular weight excluding hydrogens is 542 g/mol. The normalized spacial score (nSPS) is 15.3. The Labute approximate surface area is 247 Å². The van der Waals surface area contributed by atoms with Gasteiger partial charge in [0.15, 0.2) is 0 Å². The number of aliphatic hydroxyl groups excluding tert-OH is 1. The van der Waals surface area contributed by atoms with E-state index in [9.17, 15) is 28.3 Å². The Kier molecular flexibility index (Phi) is 12.4. The number of carbonyl (C=O) groups excluding carboxylic acids is 3. The summed E-state index contributed by atoms with van der Waals surface area (Å²) in [5.74, 6) is -2.11. The Morgan fingerprint density at radius 1 is 0.976 bits per heavy atom. The van der Waals surface area contributed by atoms with E-state index >= 15 is 0 Å². The summed E-state index contributed by atoms with van der Waals surface area (Å²) in [5, 5.41) is 17.3. The van der Waals surface area contributed by atoms with Crippen LogP contribution < -0.4 is 10.6 Å². The number of benzene rings is 2. The van der Waals surface area contributed by atoms with Crippen molar-refractivity contribution in [3.63, 3.8) is 0 Å². The summed E-state index contributed by atoms with van der Waals surface area (Å²) >= 11 is 0. The van der Waals surface area contributed by atoms with Gasteiger partial charge in [0.05, 0.1) is 12.1 Å². The standard InChI is InChI=1S/C32H44F2N4O4/c1-5-9-38(10-6-2)32(42)25-14-21(3)13-24(18-25)31(41)36-29(17-23-15-26(33)19-27(34)16-23)30(40)20-35-28-7-11-37(12-8-28)22(4)39/h13-16,18-19,28-30,35,40H,5-12,17,20H2,1-4H3,(H,36,41). The van der Waals surface area contributed by atoms with Gasteiger partial charge in [-0.25, -0.2) is 8.78 Å². The fourth-order valence-corrected chi connectivity index (χ4v) is 5.42. The van der Waals surface area contributed by atoms with E-state index in [0.29, 0.717) is 37.3 Å². The molecule has 0 spiro atoms. The SMILES string of the molecule is CCCN(CCC)C(=O)c1cc(C)cc(C(=O)NC(Cc2cc(F)cc(F)c2)C(O)CNC2CCN(C(C)=O)CC2)c1. The number of piperidine rings is 1. The van der Waals surface area contributed by atoms with Crippen LogP contribution >= 0.6 is 0 Å². The first-order valence-corrected chi connectivity index (χ1v) is 14.8. The predicted molar refractivity (Wildman–Crippen MR) is 158 cm³/mol. The fraction of sp³-hybridized carbons (Fsp3) is 0.531. The summed E-state index contributed by atoms with van der Waals surface area (Å²) in [5.41, 5.74) is 1.70. The maximum absolute atomic E-state index is 14.0. The number of nitrogens with one attached hydrogen (secondary N) is 2. The van der Waals surface area contributed by atoms with E-state index in [4.69, 9.17) is 0 Å². The van der Waals surface area contributed by atoms with Gasteiger partial charge in [-0.1, -0.05) is 13.8 Å². The molecule has 0 bridgehead atoms. The Bertz CT molecular complexity index is 1210. The van der Waals surface area contributed by atoms with Crippen LogP contribution in [0.1, 0.15) is 78.3 Å². The fourth-order valence-electron chi connectivity index (χ4n) is 5.42. The molecule has 1 heterocycles. The molecule has 3 amide bonds. The maximum atomic E-state index is 14.0. The highest BCUT2D eigenvalue weighted by atomic mass is 19.1. The van der Waals surface area contributed by atoms with Crippen LogP contribution in [0.15, 0.2) is 36.4 Å². The topological polar surface area (TPSA) is 102 Å². The molecule has 1 aliphatic heterocycles. The highest BCUT2D eigenvalue weighted by Gasteiger charge is 2.26. The molecular formula is C32H44F2N4O4. The highest BCUT2D eigenvalue weighted by molar-refractivity contribution is 6.00. The minimum atomic E-state index is -1.08. The van der Waals surface area contributed by atoms with Crippen LogP contribution in [-0.4, -0.2) is 83.5 Å². The van der Waals surface area contributed by atoms with Gasteiger partial charge in [-0.3, -0.25) is 14.4 Å². The number of nitrogens with zero attached hydrogens (tertiary/aromatic N) is 2. The first-order valence-electron chi connectivity index (χ1n) is 14.8. The second-order valence-corrected chi connectivity index (χ2v) is 11.2. The highest BCUT2D eigenvalue weighted by Crippen LogP contribution is 2.17. The summed E-state index contributed by atoms with van der Waals surface area (Å²) in [6.07, 6.45) is 1.99. The number of carbonyl (C=O) groups is 3. The van der Waals surface area contributed by atoms with Crippen LogP contribution in [0, 0.1) is 18.6 Å². The number of amides is 3. The Hall–Kier alpha value is -3.37. The van der Waals surface area contributed by atoms with E-state index < -0.39 is 29.7 Å². The van der Waals surface area contributed by atoms with Crippen molar-refractivity contribution >= 4 is 17.7 Å². The molecule has 1 saturated heterocycles. The lowest BCUT2D eigenvalue weighted by Gasteiger charge is -2.33. The lowest BCUT2D eigenvalue weighted by atomic mass is 9.98. The molecule has 10 heteroatoms. The van der Waals surface area contributed by atoms with E-state index in [1.807, 2.05) is 13.8 Å². The van der Waals surface area contributed by atoms with Crippen molar-refractivity contribution < 1.29 is 28.3 Å². The third-order valence-corrected chi connectivity index (χ3v) is 7.58. The van der Waals surface area contributed by atoms with Gasteiger partial charge in [-0.05, 0) is 80.5 Å². The number of hydrogen-bond donors (Lipinski definition) is 3. The summed E-state index contributed by atoms with van der Waals surface area (Å²) in [6, 6.07) is 7.31. The molecule has 0 saturated carbocycles. The molecule has 2 aromatic rings. The smallest absolute Gasteiger partial charge is 0.253 e. The Morgan fingerprint density at radius 2 is 1.57 bits per heavy atom. The van der Waals surface area contributed by atoms with E-state index in [2.05, 4.69) is 10.6 Å². The van der Waals surface area contributed by atoms with Gasteiger partial charge in [0.2, 0.25) is 5.91 Å². The number of aryl methyl sites for hydroxylation is 1. The molecule has 3 N–H and O–H groups in total. The lowest BCUT2D eigenvalue weighted by Crippen LogP contribution is -2.51. The molecule has 8 nitrogen and oxygen atoms in total. The summed E-state index contributed by atoms with van der Waals surface area (Å²) < 4.78 is 27.9. The van der Waals surface area contributed by atoms with Crippen molar-refractivity contribution in [2.75, 3.05) is 32.7 Å². The third kappa shape index (κ3) is 9.59. The summed E-state index contributed by atoms with van der Waals surface area (Å²) in [7, 11) is 0. The second-order valence-electron chi connectivity index (χ2n) is 11.2. The molecule has 42 heavy (non-hydrogen) atoms. The first-order chi connectivity index (χ1) is 20.0. The van der Waals surface area contributed by atoms with Gasteiger partial charge < -0.3 is 25.5 Å². The molecule has 3 rings (SSSR count). The zero-order valence-electron chi connectivity index (χ0n) is 25.1. The Balaban J connectivity index is 1.78. The van der Waals surface area contributed by atoms with E-state index in [0.717, 1.165) is 37.3 Å². The van der Waals surface area contributed by atoms with Gasteiger partial charge in [-0.2, -0.15) is 0 Å². The zero-order valence-corrected chi connectivity index (χ0v) is 25.1. The summed E-state index contributed by atoms with van der Waals surface area (Å²) in [6.45, 7) is 9.95. The van der Waals surface area contributed by atoms with Crippen LogP contribution in [0.3, 0.4) is 0 Å². The van der Waals surface area contributed by atoms with Gasteiger partial charge in [0.1, 0.15) is 11.6 Å².